The Balaban J connectivity index is 1.63. The van der Waals surface area contributed by atoms with Gasteiger partial charge in [0.05, 0.1) is 22.7 Å². The maximum atomic E-state index is 3.64. The zero-order valence-corrected chi connectivity index (χ0v) is 21.7. The Bertz CT molecular complexity index is 849. The van der Waals surface area contributed by atoms with Crippen molar-refractivity contribution in [2.45, 2.75) is 79.1 Å². The SMILES string of the molecule is CCCCN1[C]N(CCCC)c2cc(-c3ccc4c(c3)N(CCCC)[C]N4CCCC)ccc21. The molecule has 0 aliphatic carbocycles. The van der Waals surface area contributed by atoms with Crippen molar-refractivity contribution in [1.82, 2.24) is 0 Å². The van der Waals surface area contributed by atoms with Crippen molar-refractivity contribution < 1.29 is 0 Å². The number of rotatable bonds is 13. The largest absolute Gasteiger partial charge is 0.340 e. The molecular formula is C30H42N4. The molecule has 4 heteroatoms. The third-order valence-corrected chi connectivity index (χ3v) is 6.87. The fourth-order valence-corrected chi connectivity index (χ4v) is 4.75. The van der Waals surface area contributed by atoms with Gasteiger partial charge in [0.25, 0.3) is 0 Å². The Morgan fingerprint density at radius 1 is 0.471 bits per heavy atom. The summed E-state index contributed by atoms with van der Waals surface area (Å²) in [5.74, 6) is 0. The standard InChI is InChI=1S/C30H42N4/c1-5-9-17-31-23-33(19-11-7-3)29-21-25(13-15-27(29)31)26-14-16-28-30(22-26)34(20-12-8-4)24-32(28)18-10-6-2/h13-16,21-22H,5-12,17-20H2,1-4H3. The molecule has 0 N–H and O–H groups in total. The molecule has 0 atom stereocenters. The highest BCUT2D eigenvalue weighted by Gasteiger charge is 2.29. The first-order valence-corrected chi connectivity index (χ1v) is 13.6. The molecular weight excluding hydrogens is 416 g/mol. The molecule has 2 heterocycles. The van der Waals surface area contributed by atoms with Crippen molar-refractivity contribution >= 4 is 22.7 Å². The first-order chi connectivity index (χ1) is 16.7. The molecule has 2 aromatic rings. The van der Waals surface area contributed by atoms with Crippen LogP contribution in [0.5, 0.6) is 0 Å². The van der Waals surface area contributed by atoms with E-state index in [9.17, 15) is 0 Å². The van der Waals surface area contributed by atoms with Crippen LogP contribution in [-0.4, -0.2) is 26.2 Å². The fraction of sp³-hybridized carbons (Fsp3) is 0.533. The van der Waals surface area contributed by atoms with Gasteiger partial charge in [-0.1, -0.05) is 65.5 Å². The number of anilines is 4. The summed E-state index contributed by atoms with van der Waals surface area (Å²) in [5, 5.41) is 0. The maximum absolute atomic E-state index is 3.64. The van der Waals surface area contributed by atoms with E-state index in [1.165, 1.54) is 85.2 Å². The first kappa shape index (κ1) is 24.8. The molecule has 0 bridgehead atoms. The van der Waals surface area contributed by atoms with E-state index in [1.807, 2.05) is 0 Å². The summed E-state index contributed by atoms with van der Waals surface area (Å²) in [6.45, 7) is 20.4. The molecule has 0 saturated heterocycles. The van der Waals surface area contributed by atoms with E-state index in [1.54, 1.807) is 0 Å². The van der Waals surface area contributed by atoms with Crippen LogP contribution in [0.3, 0.4) is 0 Å². The molecule has 0 amide bonds. The van der Waals surface area contributed by atoms with Gasteiger partial charge in [-0.25, -0.2) is 0 Å². The van der Waals surface area contributed by atoms with Crippen LogP contribution in [0.1, 0.15) is 79.1 Å². The number of unbranched alkanes of at least 4 members (excludes halogenated alkanes) is 4. The molecule has 2 aliphatic heterocycles. The Morgan fingerprint density at radius 2 is 0.794 bits per heavy atom. The lowest BCUT2D eigenvalue weighted by Crippen LogP contribution is -2.26. The second kappa shape index (κ2) is 11.9. The fourth-order valence-electron chi connectivity index (χ4n) is 4.75. The molecule has 4 nitrogen and oxygen atoms in total. The highest BCUT2D eigenvalue weighted by Crippen LogP contribution is 2.44. The van der Waals surface area contributed by atoms with Crippen molar-refractivity contribution in [3.8, 4) is 11.1 Å². The first-order valence-electron chi connectivity index (χ1n) is 13.6. The van der Waals surface area contributed by atoms with Gasteiger partial charge in [0, 0.05) is 26.2 Å². The van der Waals surface area contributed by atoms with Gasteiger partial charge in [-0.3, -0.25) is 0 Å². The van der Waals surface area contributed by atoms with E-state index in [2.05, 4.69) is 97.0 Å². The molecule has 0 fully saturated rings. The van der Waals surface area contributed by atoms with E-state index in [4.69, 9.17) is 0 Å². The van der Waals surface area contributed by atoms with Gasteiger partial charge in [-0.2, -0.15) is 0 Å². The average Bonchev–Trinajstić information content (AvgIpc) is 3.40. The van der Waals surface area contributed by atoms with Crippen LogP contribution in [-0.2, 0) is 0 Å². The third kappa shape index (κ3) is 5.31. The lowest BCUT2D eigenvalue weighted by atomic mass is 10.0. The van der Waals surface area contributed by atoms with E-state index in [0.29, 0.717) is 0 Å². The van der Waals surface area contributed by atoms with Gasteiger partial charge >= 0.3 is 0 Å². The molecule has 2 aromatic carbocycles. The zero-order chi connectivity index (χ0) is 23.9. The smallest absolute Gasteiger partial charge is 0.208 e. The average molecular weight is 459 g/mol. The van der Waals surface area contributed by atoms with Crippen LogP contribution in [0.4, 0.5) is 22.7 Å². The number of nitrogens with zero attached hydrogens (tertiary/aromatic N) is 4. The van der Waals surface area contributed by atoms with Gasteiger partial charge < -0.3 is 19.6 Å². The normalized spacial score (nSPS) is 14.8. The van der Waals surface area contributed by atoms with Gasteiger partial charge in [0.1, 0.15) is 0 Å². The van der Waals surface area contributed by atoms with Crippen molar-refractivity contribution in [1.29, 1.82) is 0 Å². The summed E-state index contributed by atoms with van der Waals surface area (Å²) in [6, 6.07) is 13.9. The zero-order valence-electron chi connectivity index (χ0n) is 21.7. The monoisotopic (exact) mass is 458 g/mol. The van der Waals surface area contributed by atoms with Crippen LogP contribution in [0.15, 0.2) is 36.4 Å². The van der Waals surface area contributed by atoms with Gasteiger partial charge in [-0.05, 0) is 61.1 Å². The highest BCUT2D eigenvalue weighted by molar-refractivity contribution is 5.87. The Hall–Kier alpha value is -2.36. The van der Waals surface area contributed by atoms with Crippen LogP contribution >= 0.6 is 0 Å². The number of fused-ring (bicyclic) bond motifs is 2. The van der Waals surface area contributed by atoms with Crippen LogP contribution in [0.2, 0.25) is 0 Å². The summed E-state index contributed by atoms with van der Waals surface area (Å²) in [7, 11) is 0. The van der Waals surface area contributed by atoms with Crippen molar-refractivity contribution in [3.63, 3.8) is 0 Å². The lowest BCUT2D eigenvalue weighted by Gasteiger charge is -2.19. The molecule has 4 radical (unpaired) electrons. The van der Waals surface area contributed by atoms with Crippen LogP contribution < -0.4 is 19.6 Å². The molecule has 0 aromatic heterocycles. The van der Waals surface area contributed by atoms with E-state index < -0.39 is 0 Å². The minimum absolute atomic E-state index is 1.03. The molecule has 0 spiro atoms. The van der Waals surface area contributed by atoms with E-state index in [0.717, 1.165) is 26.2 Å². The van der Waals surface area contributed by atoms with Crippen LogP contribution in [0, 0.1) is 13.3 Å². The molecule has 182 valence electrons. The minimum atomic E-state index is 1.03. The topological polar surface area (TPSA) is 13.0 Å². The summed E-state index contributed by atoms with van der Waals surface area (Å²) >= 11 is 0. The highest BCUT2D eigenvalue weighted by atomic mass is 15.4. The Morgan fingerprint density at radius 3 is 1.12 bits per heavy atom. The van der Waals surface area contributed by atoms with Crippen molar-refractivity contribution in [3.05, 3.63) is 49.7 Å². The minimum Gasteiger partial charge on any atom is -0.340 e. The molecule has 0 unspecified atom stereocenters. The summed E-state index contributed by atoms with van der Waals surface area (Å²) < 4.78 is 0. The maximum Gasteiger partial charge on any atom is 0.208 e. The molecule has 4 rings (SSSR count). The summed E-state index contributed by atoms with van der Waals surface area (Å²) in [5.41, 5.74) is 7.76. The van der Waals surface area contributed by atoms with Gasteiger partial charge in [0.2, 0.25) is 13.3 Å². The van der Waals surface area contributed by atoms with Gasteiger partial charge in [0.15, 0.2) is 0 Å². The summed E-state index contributed by atoms with van der Waals surface area (Å²) in [6.07, 6.45) is 9.54. The Kier molecular flexibility index (Phi) is 8.64. The Labute approximate surface area is 208 Å². The second-order valence-corrected chi connectivity index (χ2v) is 9.63. The van der Waals surface area contributed by atoms with Crippen LogP contribution in [0.25, 0.3) is 11.1 Å². The number of hydrogen-bond acceptors (Lipinski definition) is 4. The molecule has 2 aliphatic rings. The molecule has 34 heavy (non-hydrogen) atoms. The predicted molar refractivity (Wildman–Crippen MR) is 147 cm³/mol. The molecule has 0 saturated carbocycles. The van der Waals surface area contributed by atoms with E-state index in [-0.39, 0.29) is 0 Å². The second-order valence-electron chi connectivity index (χ2n) is 9.63. The van der Waals surface area contributed by atoms with Crippen molar-refractivity contribution in [2.75, 3.05) is 45.8 Å². The number of hydrogen-bond donors (Lipinski definition) is 0. The predicted octanol–water partition coefficient (Wildman–Crippen LogP) is 7.80. The van der Waals surface area contributed by atoms with Gasteiger partial charge in [-0.15, -0.1) is 0 Å². The van der Waals surface area contributed by atoms with E-state index >= 15 is 0 Å². The summed E-state index contributed by atoms with van der Waals surface area (Å²) in [4.78, 5) is 9.33. The lowest BCUT2D eigenvalue weighted by molar-refractivity contribution is 0.731. The number of benzene rings is 2. The third-order valence-electron chi connectivity index (χ3n) is 6.87. The quantitative estimate of drug-likeness (QED) is 0.303. The van der Waals surface area contributed by atoms with Crippen molar-refractivity contribution in [2.24, 2.45) is 0 Å².